The van der Waals surface area contributed by atoms with Crippen LogP contribution in [0.1, 0.15) is 44.9 Å². The topological polar surface area (TPSA) is 58.1 Å². The van der Waals surface area contributed by atoms with Gasteiger partial charge in [-0.15, -0.1) is 0 Å². The van der Waals surface area contributed by atoms with Gasteiger partial charge in [-0.25, -0.2) is 9.97 Å². The molecule has 4 rings (SSSR count). The predicted molar refractivity (Wildman–Crippen MR) is 107 cm³/mol. The number of carbonyl (C=O) groups is 1. The van der Waals surface area contributed by atoms with Crippen molar-refractivity contribution in [2.45, 2.75) is 51.0 Å². The average Bonchev–Trinajstić information content (AvgIpc) is 2.75. The number of hydrogen-bond acceptors (Lipinski definition) is 4. The molecule has 5 heteroatoms. The molecule has 0 atom stereocenters. The summed E-state index contributed by atoms with van der Waals surface area (Å²) in [5.41, 5.74) is 2.04. The van der Waals surface area contributed by atoms with E-state index < -0.39 is 0 Å². The number of nitrogens with one attached hydrogen (secondary N) is 1. The maximum atomic E-state index is 12.6. The number of nitrogens with zero attached hydrogens (tertiary/aromatic N) is 3. The van der Waals surface area contributed by atoms with Crippen LogP contribution in [0.2, 0.25) is 0 Å². The number of carbonyl (C=O) groups excluding carboxylic acids is 1. The van der Waals surface area contributed by atoms with Gasteiger partial charge >= 0.3 is 0 Å². The van der Waals surface area contributed by atoms with Crippen LogP contribution in [0.5, 0.6) is 0 Å². The maximum Gasteiger partial charge on any atom is 0.223 e. The molecule has 0 bridgehead atoms. The minimum Gasteiger partial charge on any atom is -0.356 e. The van der Waals surface area contributed by atoms with Gasteiger partial charge in [-0.1, -0.05) is 49.6 Å². The molecule has 1 aliphatic carbocycles. The molecule has 1 saturated carbocycles. The van der Waals surface area contributed by atoms with E-state index in [0.717, 1.165) is 55.8 Å². The Morgan fingerprint density at radius 3 is 2.44 bits per heavy atom. The van der Waals surface area contributed by atoms with E-state index in [0.29, 0.717) is 6.04 Å². The Labute approximate surface area is 161 Å². The second-order valence-corrected chi connectivity index (χ2v) is 7.73. The van der Waals surface area contributed by atoms with Crippen molar-refractivity contribution in [1.29, 1.82) is 0 Å². The van der Waals surface area contributed by atoms with Gasteiger partial charge < -0.3 is 10.2 Å². The molecule has 1 N–H and O–H groups in total. The molecule has 2 heterocycles. The van der Waals surface area contributed by atoms with Crippen molar-refractivity contribution < 1.29 is 4.79 Å². The zero-order valence-corrected chi connectivity index (χ0v) is 15.8. The zero-order chi connectivity index (χ0) is 18.5. The molecule has 0 unspecified atom stereocenters. The molecule has 27 heavy (non-hydrogen) atoms. The number of piperidine rings is 1. The molecule has 1 aromatic carbocycles. The molecule has 2 fully saturated rings. The van der Waals surface area contributed by atoms with Crippen LogP contribution in [0.4, 0.5) is 5.82 Å². The number of hydrogen-bond donors (Lipinski definition) is 1. The molecule has 1 aliphatic heterocycles. The Kier molecular flexibility index (Phi) is 5.66. The monoisotopic (exact) mass is 364 g/mol. The van der Waals surface area contributed by atoms with Gasteiger partial charge in [0.1, 0.15) is 12.1 Å². The van der Waals surface area contributed by atoms with Crippen LogP contribution in [0.15, 0.2) is 42.7 Å². The van der Waals surface area contributed by atoms with Crippen LogP contribution in [0.3, 0.4) is 0 Å². The lowest BCUT2D eigenvalue weighted by Crippen LogP contribution is -2.44. The first kappa shape index (κ1) is 18.0. The van der Waals surface area contributed by atoms with Crippen molar-refractivity contribution in [3.63, 3.8) is 0 Å². The van der Waals surface area contributed by atoms with Gasteiger partial charge in [0.2, 0.25) is 5.91 Å². The second kappa shape index (κ2) is 8.51. The largest absolute Gasteiger partial charge is 0.356 e. The first-order valence-corrected chi connectivity index (χ1v) is 10.2. The molecular weight excluding hydrogens is 336 g/mol. The SMILES string of the molecule is O=C(NC1CCCCC1)C1CCN(c2cc(-c3ccccc3)ncn2)CC1. The van der Waals surface area contributed by atoms with E-state index in [2.05, 4.69) is 38.4 Å². The Bertz CT molecular complexity index is 750. The van der Waals surface area contributed by atoms with Crippen LogP contribution >= 0.6 is 0 Å². The Morgan fingerprint density at radius 2 is 1.70 bits per heavy atom. The minimum atomic E-state index is 0.138. The fourth-order valence-corrected chi connectivity index (χ4v) is 4.22. The van der Waals surface area contributed by atoms with Crippen LogP contribution in [-0.2, 0) is 4.79 Å². The highest BCUT2D eigenvalue weighted by Crippen LogP contribution is 2.26. The van der Waals surface area contributed by atoms with Crippen molar-refractivity contribution in [3.05, 3.63) is 42.7 Å². The molecule has 2 aromatic rings. The summed E-state index contributed by atoms with van der Waals surface area (Å²) in [7, 11) is 0. The van der Waals surface area contributed by atoms with E-state index in [1.807, 2.05) is 18.2 Å². The van der Waals surface area contributed by atoms with E-state index in [9.17, 15) is 4.79 Å². The van der Waals surface area contributed by atoms with E-state index in [1.165, 1.54) is 19.3 Å². The first-order valence-electron chi connectivity index (χ1n) is 10.2. The number of aromatic nitrogens is 2. The predicted octanol–water partition coefficient (Wildman–Crippen LogP) is 3.81. The summed E-state index contributed by atoms with van der Waals surface area (Å²) in [4.78, 5) is 23.7. The van der Waals surface area contributed by atoms with Crippen LogP contribution < -0.4 is 10.2 Å². The van der Waals surface area contributed by atoms with Crippen molar-refractivity contribution >= 4 is 11.7 Å². The number of amides is 1. The van der Waals surface area contributed by atoms with Crippen molar-refractivity contribution in [2.24, 2.45) is 5.92 Å². The number of benzene rings is 1. The highest BCUT2D eigenvalue weighted by Gasteiger charge is 2.27. The average molecular weight is 364 g/mol. The van der Waals surface area contributed by atoms with Gasteiger partial charge in [0.05, 0.1) is 5.69 Å². The molecule has 1 amide bonds. The van der Waals surface area contributed by atoms with Crippen molar-refractivity contribution in [1.82, 2.24) is 15.3 Å². The molecule has 142 valence electrons. The number of rotatable bonds is 4. The Morgan fingerprint density at radius 1 is 0.963 bits per heavy atom. The lowest BCUT2D eigenvalue weighted by Gasteiger charge is -2.33. The number of anilines is 1. The van der Waals surface area contributed by atoms with Gasteiger partial charge in [0, 0.05) is 36.7 Å². The highest BCUT2D eigenvalue weighted by atomic mass is 16.1. The van der Waals surface area contributed by atoms with E-state index >= 15 is 0 Å². The Hall–Kier alpha value is -2.43. The summed E-state index contributed by atoms with van der Waals surface area (Å²) < 4.78 is 0. The molecule has 5 nitrogen and oxygen atoms in total. The first-order chi connectivity index (χ1) is 13.3. The summed E-state index contributed by atoms with van der Waals surface area (Å²) in [6, 6.07) is 12.6. The fourth-order valence-electron chi connectivity index (χ4n) is 4.22. The zero-order valence-electron chi connectivity index (χ0n) is 15.8. The van der Waals surface area contributed by atoms with E-state index in [-0.39, 0.29) is 11.8 Å². The fraction of sp³-hybridized carbons (Fsp3) is 0.500. The Balaban J connectivity index is 1.34. The smallest absolute Gasteiger partial charge is 0.223 e. The van der Waals surface area contributed by atoms with Crippen molar-refractivity contribution in [3.8, 4) is 11.3 Å². The van der Waals surface area contributed by atoms with Gasteiger partial charge in [-0.2, -0.15) is 0 Å². The summed E-state index contributed by atoms with van der Waals surface area (Å²) >= 11 is 0. The quantitative estimate of drug-likeness (QED) is 0.896. The lowest BCUT2D eigenvalue weighted by molar-refractivity contribution is -0.126. The summed E-state index contributed by atoms with van der Waals surface area (Å²) in [5, 5.41) is 3.29. The van der Waals surface area contributed by atoms with Gasteiger partial charge in [0.25, 0.3) is 0 Å². The van der Waals surface area contributed by atoms with Crippen LogP contribution in [-0.4, -0.2) is 35.0 Å². The third kappa shape index (κ3) is 4.46. The standard InChI is InChI=1S/C22H28N4O/c27-22(25-19-9-5-2-6-10-19)18-11-13-26(14-12-18)21-15-20(23-16-24-21)17-7-3-1-4-8-17/h1,3-4,7-8,15-16,18-19H,2,5-6,9-14H2,(H,25,27). The van der Waals surface area contributed by atoms with E-state index in [1.54, 1.807) is 6.33 Å². The highest BCUT2D eigenvalue weighted by molar-refractivity contribution is 5.79. The molecule has 2 aliphatic rings. The summed E-state index contributed by atoms with van der Waals surface area (Å²) in [6.45, 7) is 1.74. The molecular formula is C22H28N4O. The normalized spacial score (nSPS) is 19.0. The third-order valence-electron chi connectivity index (χ3n) is 5.86. The summed E-state index contributed by atoms with van der Waals surface area (Å²) in [6.07, 6.45) is 9.53. The van der Waals surface area contributed by atoms with Crippen LogP contribution in [0.25, 0.3) is 11.3 Å². The maximum absolute atomic E-state index is 12.6. The third-order valence-corrected chi connectivity index (χ3v) is 5.86. The molecule has 1 saturated heterocycles. The van der Waals surface area contributed by atoms with E-state index in [4.69, 9.17) is 0 Å². The molecule has 0 radical (unpaired) electrons. The molecule has 1 aromatic heterocycles. The summed E-state index contributed by atoms with van der Waals surface area (Å²) in [5.74, 6) is 1.35. The second-order valence-electron chi connectivity index (χ2n) is 7.73. The van der Waals surface area contributed by atoms with Crippen LogP contribution in [0, 0.1) is 5.92 Å². The van der Waals surface area contributed by atoms with Gasteiger partial charge in [-0.3, -0.25) is 4.79 Å². The lowest BCUT2D eigenvalue weighted by atomic mass is 9.92. The molecule has 0 spiro atoms. The van der Waals surface area contributed by atoms with Gasteiger partial charge in [-0.05, 0) is 25.7 Å². The van der Waals surface area contributed by atoms with Gasteiger partial charge in [0.15, 0.2) is 0 Å². The minimum absolute atomic E-state index is 0.138. The van der Waals surface area contributed by atoms with Crippen molar-refractivity contribution in [2.75, 3.05) is 18.0 Å².